The fraction of sp³-hybridized carbons (Fsp3) is 0.862. The molecule has 0 heterocycles. The molecule has 0 aliphatic rings. The quantitative estimate of drug-likeness (QED) is 0.0423. The van der Waals surface area contributed by atoms with Crippen molar-refractivity contribution in [1.82, 2.24) is 16.0 Å². The molecule has 0 aromatic rings. The van der Waals surface area contributed by atoms with Crippen molar-refractivity contribution in [2.75, 3.05) is 51.8 Å². The number of unbranched alkanes of at least 4 members (excludes halogenated alkanes) is 1. The van der Waals surface area contributed by atoms with Gasteiger partial charge < -0.3 is 16.0 Å². The van der Waals surface area contributed by atoms with Gasteiger partial charge in [-0.05, 0) is 44.3 Å². The van der Waals surface area contributed by atoms with Crippen LogP contribution in [0.25, 0.3) is 0 Å². The second-order valence-electron chi connectivity index (χ2n) is 12.8. The Labute approximate surface area is 270 Å². The first kappa shape index (κ1) is 41.7. The van der Waals surface area contributed by atoms with Crippen LogP contribution in [0.3, 0.4) is 0 Å². The van der Waals surface area contributed by atoms with Gasteiger partial charge in [0.1, 0.15) is 0 Å². The summed E-state index contributed by atoms with van der Waals surface area (Å²) in [6.45, 7) is 8.97. The van der Waals surface area contributed by atoms with E-state index in [1.54, 1.807) is 14.1 Å². The third-order valence-electron chi connectivity index (χ3n) is 7.82. The number of hydrogen-bond donors (Lipinski definition) is 6. The number of nitrogens with one attached hydrogen (secondary N) is 3. The summed E-state index contributed by atoms with van der Waals surface area (Å²) in [4.78, 5) is 50.5. The highest BCUT2D eigenvalue weighted by molar-refractivity contribution is 7.85. The lowest BCUT2D eigenvalue weighted by atomic mass is 9.71. The van der Waals surface area contributed by atoms with Crippen molar-refractivity contribution in [3.05, 3.63) is 0 Å². The molecule has 0 bridgehead atoms. The van der Waals surface area contributed by atoms with E-state index in [2.05, 4.69) is 41.2 Å². The van der Waals surface area contributed by atoms with E-state index in [0.717, 1.165) is 31.4 Å². The molecule has 0 aromatic carbocycles. The number of thiol groups is 2. The number of rotatable bonds is 23. The lowest BCUT2D eigenvalue weighted by molar-refractivity contribution is -0.814. The molecule has 2 atom stereocenters. The van der Waals surface area contributed by atoms with Crippen molar-refractivity contribution in [2.45, 2.75) is 97.2 Å². The van der Waals surface area contributed by atoms with Gasteiger partial charge in [-0.1, -0.05) is 34.1 Å². The van der Waals surface area contributed by atoms with Crippen molar-refractivity contribution in [3.8, 4) is 0 Å². The fourth-order valence-electron chi connectivity index (χ4n) is 4.76. The van der Waals surface area contributed by atoms with E-state index in [9.17, 15) is 27.6 Å². The van der Waals surface area contributed by atoms with E-state index < -0.39 is 26.7 Å². The Morgan fingerprint density at radius 3 is 2.02 bits per heavy atom. The second-order valence-corrected chi connectivity index (χ2v) is 15.5. The Kier molecular flexibility index (Phi) is 19.3. The van der Waals surface area contributed by atoms with Crippen molar-refractivity contribution in [2.24, 2.45) is 10.8 Å². The Balaban J connectivity index is 4.53. The maximum absolute atomic E-state index is 13.1. The van der Waals surface area contributed by atoms with E-state index in [1.165, 1.54) is 0 Å². The normalized spacial score (nSPS) is 14.4. The molecule has 0 aliphatic heterocycles. The van der Waals surface area contributed by atoms with Crippen LogP contribution in [-0.4, -0.2) is 98.1 Å². The number of carbonyl (C=O) groups is 4. The fourth-order valence-corrected chi connectivity index (χ4v) is 6.02. The van der Waals surface area contributed by atoms with Gasteiger partial charge >= 0.3 is 5.91 Å². The number of quaternary nitrogens is 1. The van der Waals surface area contributed by atoms with Crippen molar-refractivity contribution in [3.63, 3.8) is 0 Å². The van der Waals surface area contributed by atoms with Crippen LogP contribution in [0.5, 0.6) is 0 Å². The number of amides is 4. The third kappa shape index (κ3) is 18.3. The average molecular weight is 670 g/mol. The maximum atomic E-state index is 13.1. The summed E-state index contributed by atoms with van der Waals surface area (Å²) >= 11 is 8.71. The van der Waals surface area contributed by atoms with Crippen molar-refractivity contribution >= 4 is 59.0 Å². The van der Waals surface area contributed by atoms with Crippen LogP contribution in [0.4, 0.5) is 0 Å². The molecule has 43 heavy (non-hydrogen) atoms. The molecule has 252 valence electrons. The van der Waals surface area contributed by atoms with Crippen molar-refractivity contribution < 1.29 is 36.6 Å². The van der Waals surface area contributed by atoms with E-state index in [0.29, 0.717) is 63.5 Å². The van der Waals surface area contributed by atoms with Gasteiger partial charge in [-0.3, -0.25) is 23.4 Å². The lowest BCUT2D eigenvalue weighted by Crippen LogP contribution is -2.49. The summed E-state index contributed by atoms with van der Waals surface area (Å²) in [5.41, 5.74) is -1.59. The van der Waals surface area contributed by atoms with Gasteiger partial charge in [-0.15, -0.1) is 0 Å². The Bertz CT molecular complexity index is 1010. The highest BCUT2D eigenvalue weighted by atomic mass is 32.2. The largest absolute Gasteiger partial charge is 0.356 e. The van der Waals surface area contributed by atoms with Crippen LogP contribution in [-0.2, 0) is 29.3 Å². The van der Waals surface area contributed by atoms with E-state index >= 15 is 0 Å². The molecule has 4 N–H and O–H groups in total. The Morgan fingerprint density at radius 2 is 1.44 bits per heavy atom. The molecule has 0 aliphatic carbocycles. The van der Waals surface area contributed by atoms with Gasteiger partial charge in [0.25, 0.3) is 10.1 Å². The molecule has 0 aromatic heterocycles. The molecule has 4 amide bonds. The minimum absolute atomic E-state index is 0.00699. The summed E-state index contributed by atoms with van der Waals surface area (Å²) < 4.78 is 30.7. The predicted molar refractivity (Wildman–Crippen MR) is 178 cm³/mol. The first-order valence-electron chi connectivity index (χ1n) is 15.2. The second kappa shape index (κ2) is 19.9. The summed E-state index contributed by atoms with van der Waals surface area (Å²) in [7, 11) is -0.893. The zero-order chi connectivity index (χ0) is 33.3. The van der Waals surface area contributed by atoms with Gasteiger partial charge in [0.15, 0.2) is 0 Å². The monoisotopic (exact) mass is 669 g/mol. The summed E-state index contributed by atoms with van der Waals surface area (Å²) in [6.07, 6.45) is 5.86. The van der Waals surface area contributed by atoms with Crippen LogP contribution < -0.4 is 16.0 Å². The third-order valence-corrected chi connectivity index (χ3v) is 9.31. The van der Waals surface area contributed by atoms with E-state index in [4.69, 9.17) is 4.55 Å². The van der Waals surface area contributed by atoms with E-state index in [-0.39, 0.29) is 34.5 Å². The number of carbonyl (C=O) groups excluding carboxylic acids is 4. The molecule has 0 saturated carbocycles. The molecule has 0 radical (unpaired) electrons. The van der Waals surface area contributed by atoms with Gasteiger partial charge in [0, 0.05) is 48.6 Å². The molecule has 0 rings (SSSR count). The average Bonchev–Trinajstić information content (AvgIpc) is 2.90. The smallest absolute Gasteiger partial charge is 0.314 e. The molecule has 11 nitrogen and oxygen atoms in total. The Morgan fingerprint density at radius 1 is 0.860 bits per heavy atom. The van der Waals surface area contributed by atoms with Crippen molar-refractivity contribution in [1.29, 1.82) is 0 Å². The van der Waals surface area contributed by atoms with Crippen LogP contribution >= 0.6 is 25.3 Å². The molecular formula is C29H57N4O7S3+. The SMILES string of the molecule is CCC(C)(CC(C)(C)C(=O)NCCCNC(=O)CCCCC(S)CCS)C(=O)NCCC[N+](C)(C)C(=O)CCS(=O)(=O)O. The van der Waals surface area contributed by atoms with Gasteiger partial charge in [-0.25, -0.2) is 4.79 Å². The molecule has 2 unspecified atom stereocenters. The highest BCUT2D eigenvalue weighted by Crippen LogP contribution is 2.37. The zero-order valence-corrected chi connectivity index (χ0v) is 29.6. The summed E-state index contributed by atoms with van der Waals surface area (Å²) in [6, 6.07) is 0. The minimum atomic E-state index is -4.21. The van der Waals surface area contributed by atoms with Crippen LogP contribution in [0, 0.1) is 10.8 Å². The van der Waals surface area contributed by atoms with Gasteiger partial charge in [0.2, 0.25) is 17.7 Å². The van der Waals surface area contributed by atoms with Gasteiger partial charge in [0.05, 0.1) is 32.8 Å². The molecular weight excluding hydrogens is 613 g/mol. The zero-order valence-electron chi connectivity index (χ0n) is 27.0. The molecule has 0 saturated heterocycles. The number of nitrogens with zero attached hydrogens (tertiary/aromatic N) is 1. The van der Waals surface area contributed by atoms with E-state index in [1.807, 2.05) is 27.7 Å². The van der Waals surface area contributed by atoms with Gasteiger partial charge in [-0.2, -0.15) is 33.7 Å². The lowest BCUT2D eigenvalue weighted by Gasteiger charge is -2.35. The standard InChI is InChI=1S/C29H56N4O7S3/c1-7-29(4,27(37)32-18-11-19-33(5,6)25(35)15-21-43(38,39)40)22-28(2,3)26(36)31-17-10-16-30-24(34)13-9-8-12-23(42)14-20-41/h23H,7-22H2,1-6H3,(H5-,30,31,32,34,36,37,38,39,40,41,42)/p+1. The summed E-state index contributed by atoms with van der Waals surface area (Å²) in [5.74, 6) is -0.449. The molecule has 0 spiro atoms. The number of hydrogen-bond acceptors (Lipinski definition) is 8. The highest BCUT2D eigenvalue weighted by Gasteiger charge is 2.40. The first-order chi connectivity index (χ1) is 19.8. The van der Waals surface area contributed by atoms with Crippen LogP contribution in [0.15, 0.2) is 0 Å². The summed E-state index contributed by atoms with van der Waals surface area (Å²) in [5, 5.41) is 9.08. The van der Waals surface area contributed by atoms with Crippen LogP contribution in [0.2, 0.25) is 0 Å². The first-order valence-corrected chi connectivity index (χ1v) is 18.0. The molecule has 0 fully saturated rings. The van der Waals surface area contributed by atoms with Crippen LogP contribution in [0.1, 0.15) is 91.9 Å². The predicted octanol–water partition coefficient (Wildman–Crippen LogP) is 3.01. The minimum Gasteiger partial charge on any atom is -0.356 e. The maximum Gasteiger partial charge on any atom is 0.314 e. The Hall–Kier alpha value is -1.35. The topological polar surface area (TPSA) is 159 Å². The molecule has 14 heteroatoms.